The van der Waals surface area contributed by atoms with Crippen molar-refractivity contribution < 1.29 is 9.84 Å². The van der Waals surface area contributed by atoms with Crippen LogP contribution in [0.15, 0.2) is 0 Å². The van der Waals surface area contributed by atoms with Gasteiger partial charge < -0.3 is 9.84 Å². The van der Waals surface area contributed by atoms with Gasteiger partial charge in [0.2, 0.25) is 0 Å². The first-order valence-electron chi connectivity index (χ1n) is 5.84. The fourth-order valence-corrected chi connectivity index (χ4v) is 3.02. The fourth-order valence-electron chi connectivity index (χ4n) is 3.02. The van der Waals surface area contributed by atoms with Crippen molar-refractivity contribution in [2.24, 2.45) is 0 Å². The van der Waals surface area contributed by atoms with Gasteiger partial charge in [-0.05, 0) is 32.1 Å². The van der Waals surface area contributed by atoms with E-state index in [4.69, 9.17) is 4.74 Å². The van der Waals surface area contributed by atoms with Crippen LogP contribution in [0.1, 0.15) is 32.1 Å². The molecular formula is C11H19NO2. The molecule has 1 N–H and O–H groups in total. The summed E-state index contributed by atoms with van der Waals surface area (Å²) >= 11 is 0. The molecule has 0 radical (unpaired) electrons. The van der Waals surface area contributed by atoms with Crippen molar-refractivity contribution in [3.63, 3.8) is 0 Å². The summed E-state index contributed by atoms with van der Waals surface area (Å²) in [7, 11) is 0. The summed E-state index contributed by atoms with van der Waals surface area (Å²) in [5.41, 5.74) is 0.253. The van der Waals surface area contributed by atoms with Gasteiger partial charge in [0, 0.05) is 25.7 Å². The zero-order valence-corrected chi connectivity index (χ0v) is 8.61. The zero-order chi connectivity index (χ0) is 9.60. The quantitative estimate of drug-likeness (QED) is 0.674. The summed E-state index contributed by atoms with van der Waals surface area (Å²) in [4.78, 5) is 2.42. The minimum Gasteiger partial charge on any atom is -0.390 e. The molecule has 1 saturated carbocycles. The Kier molecular flexibility index (Phi) is 2.08. The molecule has 3 nitrogen and oxygen atoms in total. The van der Waals surface area contributed by atoms with Crippen molar-refractivity contribution in [3.05, 3.63) is 0 Å². The summed E-state index contributed by atoms with van der Waals surface area (Å²) in [6.07, 6.45) is 6.18. The van der Waals surface area contributed by atoms with E-state index in [0.717, 1.165) is 26.1 Å². The number of rotatable bonds is 1. The average Bonchev–Trinajstić information content (AvgIpc) is 2.11. The van der Waals surface area contributed by atoms with Gasteiger partial charge in [0.25, 0.3) is 0 Å². The molecule has 3 fully saturated rings. The number of β-amino-alcohol motifs (C(OH)–C–C–N with tert-alkyl or cyclic N) is 1. The number of ether oxygens (including phenoxy) is 1. The second kappa shape index (κ2) is 3.19. The Bertz CT molecular complexity index is 221. The van der Waals surface area contributed by atoms with Crippen molar-refractivity contribution >= 4 is 0 Å². The third kappa shape index (κ3) is 1.38. The largest absolute Gasteiger partial charge is 0.390 e. The highest BCUT2D eigenvalue weighted by molar-refractivity contribution is 4.98. The van der Waals surface area contributed by atoms with Gasteiger partial charge >= 0.3 is 0 Å². The predicted octanol–water partition coefficient (Wildman–Crippen LogP) is 0.765. The lowest BCUT2D eigenvalue weighted by molar-refractivity contribution is -0.162. The molecular weight excluding hydrogens is 178 g/mol. The topological polar surface area (TPSA) is 32.7 Å². The lowest BCUT2D eigenvalue weighted by Gasteiger charge is -2.52. The molecule has 0 amide bonds. The second-order valence-corrected chi connectivity index (χ2v) is 5.14. The third-order valence-corrected chi connectivity index (χ3v) is 4.14. The molecule has 80 valence electrons. The maximum Gasteiger partial charge on any atom is 0.0794 e. The summed E-state index contributed by atoms with van der Waals surface area (Å²) in [5.74, 6) is 0. The molecule has 0 aromatic carbocycles. The van der Waals surface area contributed by atoms with Crippen LogP contribution in [-0.4, -0.2) is 47.4 Å². The molecule has 0 aromatic rings. The predicted molar refractivity (Wildman–Crippen MR) is 53.1 cm³/mol. The van der Waals surface area contributed by atoms with Crippen LogP contribution in [0, 0.1) is 0 Å². The molecule has 2 aliphatic heterocycles. The highest BCUT2D eigenvalue weighted by Gasteiger charge is 2.45. The molecule has 0 aromatic heterocycles. The van der Waals surface area contributed by atoms with Crippen molar-refractivity contribution in [2.45, 2.75) is 49.9 Å². The molecule has 3 heteroatoms. The molecule has 2 saturated heterocycles. The van der Waals surface area contributed by atoms with E-state index >= 15 is 0 Å². The van der Waals surface area contributed by atoms with Gasteiger partial charge in [0.15, 0.2) is 0 Å². The number of hydrogen-bond acceptors (Lipinski definition) is 3. The van der Waals surface area contributed by atoms with E-state index in [1.807, 2.05) is 0 Å². The SMILES string of the molecule is OC1CN(C2CCOC3(CCC3)C2)C1. The van der Waals surface area contributed by atoms with Crippen molar-refractivity contribution in [1.82, 2.24) is 4.90 Å². The third-order valence-electron chi connectivity index (χ3n) is 4.14. The molecule has 2 heterocycles. The molecule has 3 aliphatic rings. The van der Waals surface area contributed by atoms with Gasteiger partial charge in [-0.3, -0.25) is 4.90 Å². The minimum atomic E-state index is -0.0600. The van der Waals surface area contributed by atoms with Crippen LogP contribution in [-0.2, 0) is 4.74 Å². The summed E-state index contributed by atoms with van der Waals surface area (Å²) in [5, 5.41) is 9.28. The smallest absolute Gasteiger partial charge is 0.0794 e. The van der Waals surface area contributed by atoms with E-state index in [1.54, 1.807) is 0 Å². The molecule has 14 heavy (non-hydrogen) atoms. The van der Waals surface area contributed by atoms with Gasteiger partial charge in [-0.25, -0.2) is 0 Å². The Morgan fingerprint density at radius 2 is 2.07 bits per heavy atom. The first-order chi connectivity index (χ1) is 6.77. The molecule has 0 bridgehead atoms. The zero-order valence-electron chi connectivity index (χ0n) is 8.61. The van der Waals surface area contributed by atoms with Crippen LogP contribution in [0.2, 0.25) is 0 Å². The van der Waals surface area contributed by atoms with Crippen molar-refractivity contribution in [2.75, 3.05) is 19.7 Å². The summed E-state index contributed by atoms with van der Waals surface area (Å²) in [6.45, 7) is 2.71. The van der Waals surface area contributed by atoms with E-state index in [1.165, 1.54) is 25.7 Å². The molecule has 1 atom stereocenters. The molecule has 1 unspecified atom stereocenters. The van der Waals surface area contributed by atoms with E-state index in [9.17, 15) is 5.11 Å². The normalized spacial score (nSPS) is 37.9. The number of likely N-dealkylation sites (tertiary alicyclic amines) is 1. The minimum absolute atomic E-state index is 0.0600. The van der Waals surface area contributed by atoms with Gasteiger partial charge in [0.05, 0.1) is 11.7 Å². The Morgan fingerprint density at radius 3 is 2.64 bits per heavy atom. The maximum absolute atomic E-state index is 9.28. The maximum atomic E-state index is 9.28. The number of nitrogens with zero attached hydrogens (tertiary/aromatic N) is 1. The number of aliphatic hydroxyl groups excluding tert-OH is 1. The van der Waals surface area contributed by atoms with E-state index < -0.39 is 0 Å². The lowest BCUT2D eigenvalue weighted by atomic mass is 9.73. The van der Waals surface area contributed by atoms with E-state index in [-0.39, 0.29) is 11.7 Å². The summed E-state index contributed by atoms with van der Waals surface area (Å²) < 4.78 is 5.89. The Morgan fingerprint density at radius 1 is 1.29 bits per heavy atom. The molecule has 3 rings (SSSR count). The van der Waals surface area contributed by atoms with Gasteiger partial charge in [0.1, 0.15) is 0 Å². The first kappa shape index (κ1) is 9.13. The average molecular weight is 197 g/mol. The highest BCUT2D eigenvalue weighted by Crippen LogP contribution is 2.43. The van der Waals surface area contributed by atoms with Crippen molar-refractivity contribution in [1.29, 1.82) is 0 Å². The Hall–Kier alpha value is -0.120. The monoisotopic (exact) mass is 197 g/mol. The Balaban J connectivity index is 1.59. The Labute approximate surface area is 85.0 Å². The molecule has 1 aliphatic carbocycles. The van der Waals surface area contributed by atoms with Crippen molar-refractivity contribution in [3.8, 4) is 0 Å². The van der Waals surface area contributed by atoms with Crippen LogP contribution >= 0.6 is 0 Å². The van der Waals surface area contributed by atoms with E-state index in [0.29, 0.717) is 6.04 Å². The standard InChI is InChI=1S/C11H19NO2/c13-10-7-12(8-10)9-2-5-14-11(6-9)3-1-4-11/h9-10,13H,1-8H2. The molecule has 1 spiro atoms. The van der Waals surface area contributed by atoms with Gasteiger partial charge in [-0.2, -0.15) is 0 Å². The second-order valence-electron chi connectivity index (χ2n) is 5.14. The van der Waals surface area contributed by atoms with E-state index in [2.05, 4.69) is 4.90 Å². The fraction of sp³-hybridized carbons (Fsp3) is 1.00. The van der Waals surface area contributed by atoms with Crippen LogP contribution < -0.4 is 0 Å². The van der Waals surface area contributed by atoms with Crippen LogP contribution in [0.4, 0.5) is 0 Å². The summed E-state index contributed by atoms with van der Waals surface area (Å²) in [6, 6.07) is 0.687. The van der Waals surface area contributed by atoms with Crippen LogP contribution in [0.25, 0.3) is 0 Å². The van der Waals surface area contributed by atoms with Gasteiger partial charge in [-0.15, -0.1) is 0 Å². The van der Waals surface area contributed by atoms with Gasteiger partial charge in [-0.1, -0.05) is 0 Å². The van der Waals surface area contributed by atoms with Crippen LogP contribution in [0.3, 0.4) is 0 Å². The highest BCUT2D eigenvalue weighted by atomic mass is 16.5. The number of aliphatic hydroxyl groups is 1. The van der Waals surface area contributed by atoms with Crippen LogP contribution in [0.5, 0.6) is 0 Å². The number of hydrogen-bond donors (Lipinski definition) is 1. The lowest BCUT2D eigenvalue weighted by Crippen LogP contribution is -2.60. The first-order valence-corrected chi connectivity index (χ1v) is 5.84.